The molecule has 2 amide bonds. The number of nitrogens with one attached hydrogen (secondary N) is 2. The Balaban J connectivity index is 2.14. The summed E-state index contributed by atoms with van der Waals surface area (Å²) in [5.74, 6) is -0.211. The van der Waals surface area contributed by atoms with E-state index in [9.17, 15) is 26.4 Å². The number of sulfone groups is 1. The van der Waals surface area contributed by atoms with Crippen molar-refractivity contribution in [1.82, 2.24) is 5.32 Å². The van der Waals surface area contributed by atoms with E-state index in [0.29, 0.717) is 0 Å². The Morgan fingerprint density at radius 2 is 2.08 bits per heavy atom. The number of carbonyl (C=O) groups excluding carboxylic acids is 1. The van der Waals surface area contributed by atoms with Gasteiger partial charge in [-0.05, 0) is 31.2 Å². The molecule has 1 heterocycles. The van der Waals surface area contributed by atoms with Crippen LogP contribution < -0.4 is 15.4 Å². The first-order valence-corrected chi connectivity index (χ1v) is 8.65. The van der Waals surface area contributed by atoms with Gasteiger partial charge in [-0.1, -0.05) is 0 Å². The van der Waals surface area contributed by atoms with Crippen molar-refractivity contribution in [2.24, 2.45) is 0 Å². The molecule has 0 aromatic heterocycles. The summed E-state index contributed by atoms with van der Waals surface area (Å²) in [4.78, 5) is 11.9. The summed E-state index contributed by atoms with van der Waals surface area (Å²) in [5.41, 5.74) is -1.10. The fourth-order valence-electron chi connectivity index (χ4n) is 2.08. The lowest BCUT2D eigenvalue weighted by Gasteiger charge is -2.16. The van der Waals surface area contributed by atoms with E-state index in [1.54, 1.807) is 6.92 Å². The molecule has 10 heteroatoms. The smallest absolute Gasteiger partial charge is 0.416 e. The maximum atomic E-state index is 12.8. The van der Waals surface area contributed by atoms with Gasteiger partial charge >= 0.3 is 12.2 Å². The average Bonchev–Trinajstić information content (AvgIpc) is 2.78. The molecule has 6 nitrogen and oxygen atoms in total. The fraction of sp³-hybridized carbons (Fsp3) is 0.357. The highest BCUT2D eigenvalue weighted by atomic mass is 32.2. The fourth-order valence-corrected chi connectivity index (χ4v) is 3.31. The van der Waals surface area contributed by atoms with Gasteiger partial charge in [-0.3, -0.25) is 0 Å². The van der Waals surface area contributed by atoms with Crippen LogP contribution in [0.5, 0.6) is 5.75 Å². The van der Waals surface area contributed by atoms with Gasteiger partial charge in [0, 0.05) is 5.41 Å². The number of urea groups is 1. The number of anilines is 1. The first-order chi connectivity index (χ1) is 11.1. The number of hydrogen-bond donors (Lipinski definition) is 2. The highest BCUT2D eigenvalue weighted by molar-refractivity contribution is 7.94. The van der Waals surface area contributed by atoms with Gasteiger partial charge in [-0.25, -0.2) is 13.2 Å². The van der Waals surface area contributed by atoms with Gasteiger partial charge in [-0.15, -0.1) is 0 Å². The highest BCUT2D eigenvalue weighted by Crippen LogP contribution is 2.35. The first kappa shape index (κ1) is 18.1. The molecule has 1 aromatic carbocycles. The van der Waals surface area contributed by atoms with Crippen LogP contribution in [0.3, 0.4) is 0 Å². The number of amides is 2. The Hall–Kier alpha value is -2.23. The van der Waals surface area contributed by atoms with Gasteiger partial charge in [0.15, 0.2) is 9.84 Å². The molecule has 1 unspecified atom stereocenters. The maximum Gasteiger partial charge on any atom is 0.416 e. The molecule has 0 saturated heterocycles. The Morgan fingerprint density at radius 3 is 2.62 bits per heavy atom. The topological polar surface area (TPSA) is 84.5 Å². The Kier molecular flexibility index (Phi) is 5.07. The SMILES string of the molecule is CCOc1ccc(C(F)(F)F)cc1NC(=O)NC1C=CS(=O)(=O)C1. The third kappa shape index (κ3) is 4.63. The standard InChI is InChI=1S/C14H15F3N2O4S/c1-2-23-12-4-3-9(14(15,16)17)7-11(12)19-13(20)18-10-5-6-24(21,22)8-10/h3-7,10H,2,8H2,1H3,(H2,18,19,20). The summed E-state index contributed by atoms with van der Waals surface area (Å²) < 4.78 is 66.1. The van der Waals surface area contributed by atoms with Crippen molar-refractivity contribution in [3.8, 4) is 5.75 Å². The van der Waals surface area contributed by atoms with E-state index in [4.69, 9.17) is 4.74 Å². The molecule has 2 N–H and O–H groups in total. The molecule has 132 valence electrons. The van der Waals surface area contributed by atoms with Crippen molar-refractivity contribution >= 4 is 21.6 Å². The Bertz CT molecular complexity index is 760. The quantitative estimate of drug-likeness (QED) is 0.860. The van der Waals surface area contributed by atoms with Crippen molar-refractivity contribution in [3.63, 3.8) is 0 Å². The van der Waals surface area contributed by atoms with E-state index in [0.717, 1.165) is 23.6 Å². The number of halogens is 3. The van der Waals surface area contributed by atoms with Gasteiger partial charge in [0.05, 0.1) is 29.7 Å². The second kappa shape index (κ2) is 6.71. The van der Waals surface area contributed by atoms with Crippen LogP contribution >= 0.6 is 0 Å². The molecule has 2 rings (SSSR count). The zero-order valence-electron chi connectivity index (χ0n) is 12.6. The van der Waals surface area contributed by atoms with Crippen LogP contribution in [-0.2, 0) is 16.0 Å². The third-order valence-corrected chi connectivity index (χ3v) is 4.50. The molecule has 1 aromatic rings. The van der Waals surface area contributed by atoms with Crippen LogP contribution in [0.4, 0.5) is 23.7 Å². The number of benzene rings is 1. The van der Waals surface area contributed by atoms with Crippen LogP contribution in [0.25, 0.3) is 0 Å². The lowest BCUT2D eigenvalue weighted by atomic mass is 10.2. The first-order valence-electron chi connectivity index (χ1n) is 6.93. The minimum atomic E-state index is -4.57. The van der Waals surface area contributed by atoms with Gasteiger partial charge in [0.25, 0.3) is 0 Å². The summed E-state index contributed by atoms with van der Waals surface area (Å²) in [6.45, 7) is 1.85. The Labute approximate surface area is 136 Å². The molecule has 0 fully saturated rings. The van der Waals surface area contributed by atoms with Gasteiger partial charge in [0.1, 0.15) is 5.75 Å². The van der Waals surface area contributed by atoms with Crippen LogP contribution in [0, 0.1) is 0 Å². The lowest BCUT2D eigenvalue weighted by molar-refractivity contribution is -0.137. The number of rotatable bonds is 4. The van der Waals surface area contributed by atoms with Gasteiger partial charge in [0.2, 0.25) is 0 Å². The molecule has 0 bridgehead atoms. The van der Waals surface area contributed by atoms with Crippen molar-refractivity contribution in [2.75, 3.05) is 17.7 Å². The van der Waals surface area contributed by atoms with Crippen molar-refractivity contribution in [1.29, 1.82) is 0 Å². The number of ether oxygens (including phenoxy) is 1. The minimum Gasteiger partial charge on any atom is -0.492 e. The normalized spacial score (nSPS) is 19.1. The monoisotopic (exact) mass is 364 g/mol. The van der Waals surface area contributed by atoms with Crippen LogP contribution in [0.15, 0.2) is 29.7 Å². The summed E-state index contributed by atoms with van der Waals surface area (Å²) in [5, 5.41) is 5.60. The molecule has 0 aliphatic carbocycles. The van der Waals surface area contributed by atoms with E-state index < -0.39 is 33.6 Å². The lowest BCUT2D eigenvalue weighted by Crippen LogP contribution is -2.38. The molecule has 24 heavy (non-hydrogen) atoms. The second-order valence-corrected chi connectivity index (χ2v) is 6.94. The van der Waals surface area contributed by atoms with Crippen molar-refractivity contribution < 1.29 is 31.1 Å². The summed E-state index contributed by atoms with van der Waals surface area (Å²) >= 11 is 0. The van der Waals surface area contributed by atoms with Crippen molar-refractivity contribution in [3.05, 3.63) is 35.2 Å². The van der Waals surface area contributed by atoms with E-state index in [2.05, 4.69) is 10.6 Å². The predicted molar refractivity (Wildman–Crippen MR) is 81.5 cm³/mol. The third-order valence-electron chi connectivity index (χ3n) is 3.10. The van der Waals surface area contributed by atoms with E-state index >= 15 is 0 Å². The van der Waals surface area contributed by atoms with Gasteiger partial charge < -0.3 is 15.4 Å². The summed E-state index contributed by atoms with van der Waals surface area (Å²) in [6, 6.07) is 1.15. The number of alkyl halides is 3. The summed E-state index contributed by atoms with van der Waals surface area (Å²) in [7, 11) is -3.35. The molecule has 1 aliphatic rings. The molecule has 0 radical (unpaired) electrons. The predicted octanol–water partition coefficient (Wildman–Crippen LogP) is 2.54. The second-order valence-electron chi connectivity index (χ2n) is 5.00. The largest absolute Gasteiger partial charge is 0.492 e. The Morgan fingerprint density at radius 1 is 1.38 bits per heavy atom. The maximum absolute atomic E-state index is 12.8. The number of hydrogen-bond acceptors (Lipinski definition) is 4. The van der Waals surface area contributed by atoms with Crippen LogP contribution in [0.2, 0.25) is 0 Å². The minimum absolute atomic E-state index is 0.0789. The van der Waals surface area contributed by atoms with Crippen molar-refractivity contribution in [2.45, 2.75) is 19.1 Å². The molecule has 1 atom stereocenters. The molecular formula is C14H15F3N2O4S. The highest BCUT2D eigenvalue weighted by Gasteiger charge is 2.31. The van der Waals surface area contributed by atoms with E-state index in [-0.39, 0.29) is 23.8 Å². The number of carbonyl (C=O) groups is 1. The van der Waals surface area contributed by atoms with Crippen LogP contribution in [-0.4, -0.2) is 32.9 Å². The molecule has 0 saturated carbocycles. The molecule has 0 spiro atoms. The van der Waals surface area contributed by atoms with Gasteiger partial charge in [-0.2, -0.15) is 13.2 Å². The molecule has 1 aliphatic heterocycles. The van der Waals surface area contributed by atoms with E-state index in [1.165, 1.54) is 6.08 Å². The average molecular weight is 364 g/mol. The zero-order valence-corrected chi connectivity index (χ0v) is 13.4. The summed E-state index contributed by atoms with van der Waals surface area (Å²) in [6.07, 6.45) is -3.27. The van der Waals surface area contributed by atoms with E-state index in [1.807, 2.05) is 0 Å². The zero-order chi connectivity index (χ0) is 18.0. The molecular weight excluding hydrogens is 349 g/mol. The van der Waals surface area contributed by atoms with Crippen LogP contribution in [0.1, 0.15) is 12.5 Å².